The van der Waals surface area contributed by atoms with Gasteiger partial charge in [-0.05, 0) is 42.0 Å². The molecule has 0 spiro atoms. The summed E-state index contributed by atoms with van der Waals surface area (Å²) in [5.41, 5.74) is 2.17. The van der Waals surface area contributed by atoms with Crippen LogP contribution in [0.25, 0.3) is 0 Å². The first-order valence-electron chi connectivity index (χ1n) is 8.86. The van der Waals surface area contributed by atoms with E-state index in [0.717, 1.165) is 11.1 Å². The summed E-state index contributed by atoms with van der Waals surface area (Å²) in [6.07, 6.45) is 2.23. The third kappa shape index (κ3) is 4.07. The lowest BCUT2D eigenvalue weighted by molar-refractivity contribution is 0.207. The van der Waals surface area contributed by atoms with Crippen LogP contribution in [0.1, 0.15) is 38.3 Å². The molecule has 26 heavy (non-hydrogen) atoms. The Labute approximate surface area is 156 Å². The highest BCUT2D eigenvalue weighted by Gasteiger charge is 2.34. The lowest BCUT2D eigenvalue weighted by Crippen LogP contribution is -2.31. The Morgan fingerprint density at radius 3 is 2.38 bits per heavy atom. The minimum absolute atomic E-state index is 0.00406. The van der Waals surface area contributed by atoms with E-state index in [1.165, 1.54) is 4.31 Å². The van der Waals surface area contributed by atoms with Gasteiger partial charge in [-0.1, -0.05) is 39.0 Å². The van der Waals surface area contributed by atoms with Crippen molar-refractivity contribution in [2.24, 2.45) is 0 Å². The predicted octanol–water partition coefficient (Wildman–Crippen LogP) is 3.53. The van der Waals surface area contributed by atoms with Gasteiger partial charge in [0.1, 0.15) is 6.10 Å². The number of benzene rings is 1. The van der Waals surface area contributed by atoms with Crippen LogP contribution in [0.3, 0.4) is 0 Å². The highest BCUT2D eigenvalue weighted by molar-refractivity contribution is 7.89. The first-order valence-corrected chi connectivity index (χ1v) is 10.3. The monoisotopic (exact) mass is 374 g/mol. The first-order chi connectivity index (χ1) is 12.2. The summed E-state index contributed by atoms with van der Waals surface area (Å²) in [7, 11) is -3.50. The van der Waals surface area contributed by atoms with E-state index in [-0.39, 0.29) is 11.5 Å². The van der Waals surface area contributed by atoms with Gasteiger partial charge in [0, 0.05) is 18.8 Å². The average molecular weight is 375 g/mol. The van der Waals surface area contributed by atoms with Crippen LogP contribution in [-0.4, -0.2) is 36.9 Å². The van der Waals surface area contributed by atoms with Gasteiger partial charge in [0.05, 0.1) is 11.4 Å². The number of aryl methyl sites for hydroxylation is 1. The number of rotatable bonds is 4. The molecule has 1 fully saturated rings. The number of nitrogens with zero attached hydrogens (tertiary/aromatic N) is 2. The van der Waals surface area contributed by atoms with Gasteiger partial charge in [-0.25, -0.2) is 13.4 Å². The third-order valence-corrected chi connectivity index (χ3v) is 6.52. The quantitative estimate of drug-likeness (QED) is 0.821. The summed E-state index contributed by atoms with van der Waals surface area (Å²) < 4.78 is 33.1. The fourth-order valence-electron chi connectivity index (χ4n) is 2.98. The second-order valence-electron chi connectivity index (χ2n) is 7.84. The summed E-state index contributed by atoms with van der Waals surface area (Å²) in [6.45, 7) is 9.10. The number of aromatic nitrogens is 1. The molecular weight excluding hydrogens is 348 g/mol. The molecule has 1 aromatic heterocycles. The van der Waals surface area contributed by atoms with E-state index < -0.39 is 10.0 Å². The molecule has 0 radical (unpaired) electrons. The highest BCUT2D eigenvalue weighted by Crippen LogP contribution is 2.27. The molecule has 5 nitrogen and oxygen atoms in total. The molecule has 1 aliphatic heterocycles. The Morgan fingerprint density at radius 1 is 1.12 bits per heavy atom. The summed E-state index contributed by atoms with van der Waals surface area (Å²) >= 11 is 0. The van der Waals surface area contributed by atoms with E-state index >= 15 is 0 Å². The minimum Gasteiger partial charge on any atom is -0.473 e. The molecule has 3 rings (SSSR count). The second-order valence-corrected chi connectivity index (χ2v) is 9.78. The highest BCUT2D eigenvalue weighted by atomic mass is 32.2. The van der Waals surface area contributed by atoms with Crippen LogP contribution in [0.2, 0.25) is 0 Å². The van der Waals surface area contributed by atoms with Gasteiger partial charge in [0.15, 0.2) is 0 Å². The van der Waals surface area contributed by atoms with Crippen LogP contribution in [0.4, 0.5) is 0 Å². The number of pyridine rings is 1. The molecule has 2 heterocycles. The minimum atomic E-state index is -3.50. The zero-order valence-electron chi connectivity index (χ0n) is 15.8. The molecule has 0 amide bonds. The fraction of sp³-hybridized carbons (Fsp3) is 0.450. The van der Waals surface area contributed by atoms with Gasteiger partial charge >= 0.3 is 0 Å². The van der Waals surface area contributed by atoms with E-state index in [2.05, 4.69) is 25.8 Å². The molecule has 0 bridgehead atoms. The zero-order chi connectivity index (χ0) is 18.9. The van der Waals surface area contributed by atoms with Gasteiger partial charge in [0.2, 0.25) is 15.9 Å². The Balaban J connectivity index is 1.69. The Hall–Kier alpha value is -1.92. The summed E-state index contributed by atoms with van der Waals surface area (Å²) in [5, 5.41) is 0. The molecule has 0 aliphatic carbocycles. The molecular formula is C20H26N2O3S. The molecule has 2 aromatic rings. The molecule has 1 saturated heterocycles. The van der Waals surface area contributed by atoms with Crippen molar-refractivity contribution < 1.29 is 13.2 Å². The van der Waals surface area contributed by atoms with Crippen molar-refractivity contribution in [2.45, 2.75) is 50.5 Å². The van der Waals surface area contributed by atoms with Crippen molar-refractivity contribution in [3.05, 3.63) is 53.7 Å². The number of hydrogen-bond donors (Lipinski definition) is 0. The second kappa shape index (κ2) is 7.00. The topological polar surface area (TPSA) is 59.5 Å². The van der Waals surface area contributed by atoms with Crippen LogP contribution >= 0.6 is 0 Å². The zero-order valence-corrected chi connectivity index (χ0v) is 16.6. The van der Waals surface area contributed by atoms with Crippen molar-refractivity contribution in [1.29, 1.82) is 0 Å². The lowest BCUT2D eigenvalue weighted by atomic mass is 9.87. The van der Waals surface area contributed by atoms with Crippen LogP contribution in [-0.2, 0) is 15.4 Å². The van der Waals surface area contributed by atoms with E-state index in [4.69, 9.17) is 4.74 Å². The molecule has 140 valence electrons. The maximum atomic E-state index is 12.9. The van der Waals surface area contributed by atoms with Crippen molar-refractivity contribution in [3.8, 4) is 5.88 Å². The van der Waals surface area contributed by atoms with Crippen molar-refractivity contribution >= 4 is 10.0 Å². The Bertz CT molecular complexity index is 853. The lowest BCUT2D eigenvalue weighted by Gasteiger charge is -2.20. The Morgan fingerprint density at radius 2 is 1.81 bits per heavy atom. The van der Waals surface area contributed by atoms with Gasteiger partial charge in [-0.3, -0.25) is 0 Å². The van der Waals surface area contributed by atoms with Crippen molar-refractivity contribution in [2.75, 3.05) is 13.1 Å². The van der Waals surface area contributed by atoms with Gasteiger partial charge < -0.3 is 4.74 Å². The fourth-order valence-corrected chi connectivity index (χ4v) is 4.47. The van der Waals surface area contributed by atoms with E-state index in [1.807, 2.05) is 31.2 Å². The Kier molecular flexibility index (Phi) is 5.08. The predicted molar refractivity (Wildman–Crippen MR) is 102 cm³/mol. The maximum Gasteiger partial charge on any atom is 0.243 e. The van der Waals surface area contributed by atoms with Crippen LogP contribution in [0, 0.1) is 6.92 Å². The molecule has 1 aromatic carbocycles. The standard InChI is InChI=1S/C20H26N2O3S/c1-15-5-10-19(21-13-15)25-17-11-12-22(14-17)26(23,24)18-8-6-16(7-9-18)20(2,3)4/h5-10,13,17H,11-12,14H2,1-4H3. The van der Waals surface area contributed by atoms with Crippen molar-refractivity contribution in [3.63, 3.8) is 0 Å². The van der Waals surface area contributed by atoms with Crippen LogP contribution in [0.15, 0.2) is 47.5 Å². The van der Waals surface area contributed by atoms with Crippen molar-refractivity contribution in [1.82, 2.24) is 9.29 Å². The average Bonchev–Trinajstić information content (AvgIpc) is 3.06. The number of ether oxygens (including phenoxy) is 1. The molecule has 6 heteroatoms. The molecule has 0 saturated carbocycles. The van der Waals surface area contributed by atoms with E-state index in [0.29, 0.717) is 30.3 Å². The SMILES string of the molecule is Cc1ccc(OC2CCN(S(=O)(=O)c3ccc(C(C)(C)C)cc3)C2)nc1. The largest absolute Gasteiger partial charge is 0.473 e. The van der Waals surface area contributed by atoms with E-state index in [1.54, 1.807) is 18.3 Å². The third-order valence-electron chi connectivity index (χ3n) is 4.64. The van der Waals surface area contributed by atoms with Gasteiger partial charge in [-0.2, -0.15) is 4.31 Å². The number of hydrogen-bond acceptors (Lipinski definition) is 4. The maximum absolute atomic E-state index is 12.9. The molecule has 1 unspecified atom stereocenters. The number of sulfonamides is 1. The van der Waals surface area contributed by atoms with Crippen LogP contribution in [0.5, 0.6) is 5.88 Å². The van der Waals surface area contributed by atoms with Gasteiger partial charge in [0.25, 0.3) is 0 Å². The summed E-state index contributed by atoms with van der Waals surface area (Å²) in [4.78, 5) is 4.56. The summed E-state index contributed by atoms with van der Waals surface area (Å²) in [6, 6.07) is 10.9. The van der Waals surface area contributed by atoms with E-state index in [9.17, 15) is 8.42 Å². The van der Waals surface area contributed by atoms with Gasteiger partial charge in [-0.15, -0.1) is 0 Å². The normalized spacial score (nSPS) is 18.8. The summed E-state index contributed by atoms with van der Waals surface area (Å²) in [5.74, 6) is 0.536. The first kappa shape index (κ1) is 18.9. The van der Waals surface area contributed by atoms with Crippen LogP contribution < -0.4 is 4.74 Å². The molecule has 1 aliphatic rings. The smallest absolute Gasteiger partial charge is 0.243 e. The molecule has 1 atom stereocenters. The molecule has 0 N–H and O–H groups in total.